The maximum Gasteiger partial charge on any atom is 0.209 e. The number of rotatable bonds is 4. The van der Waals surface area contributed by atoms with Gasteiger partial charge in [-0.2, -0.15) is 4.58 Å². The van der Waals surface area contributed by atoms with Crippen molar-refractivity contribution >= 4 is 28.7 Å². The Kier molecular flexibility index (Phi) is 5.47. The van der Waals surface area contributed by atoms with Crippen molar-refractivity contribution in [1.82, 2.24) is 0 Å². The zero-order valence-electron chi connectivity index (χ0n) is 17.4. The number of halogens is 1. The maximum absolute atomic E-state index is 6.79. The molecule has 1 aliphatic carbocycles. The van der Waals surface area contributed by atoms with Gasteiger partial charge in [-0.1, -0.05) is 54.1 Å². The van der Waals surface area contributed by atoms with Crippen LogP contribution in [0.3, 0.4) is 0 Å². The molecule has 0 aromatic heterocycles. The minimum atomic E-state index is -0.0168. The average molecular weight is 404 g/mol. The molecule has 0 radical (unpaired) electrons. The number of anilines is 1. The van der Waals surface area contributed by atoms with Gasteiger partial charge in [0.05, 0.1) is 5.41 Å². The summed E-state index contributed by atoms with van der Waals surface area (Å²) < 4.78 is 2.30. The third-order valence-corrected chi connectivity index (χ3v) is 6.51. The Labute approximate surface area is 178 Å². The second kappa shape index (κ2) is 8.04. The lowest BCUT2D eigenvalue weighted by molar-refractivity contribution is -0.401. The van der Waals surface area contributed by atoms with Gasteiger partial charge in [0.2, 0.25) is 5.69 Å². The van der Waals surface area contributed by atoms with Gasteiger partial charge in [0.15, 0.2) is 5.71 Å². The van der Waals surface area contributed by atoms with Gasteiger partial charge in [-0.15, -0.1) is 0 Å². The molecular weight excluding hydrogens is 376 g/mol. The van der Waals surface area contributed by atoms with E-state index in [0.717, 1.165) is 30.0 Å². The zero-order chi connectivity index (χ0) is 20.4. The van der Waals surface area contributed by atoms with Gasteiger partial charge in [-0.3, -0.25) is 0 Å². The molecule has 0 saturated heterocycles. The summed E-state index contributed by atoms with van der Waals surface area (Å²) in [5, 5.41) is 4.26. The number of hydrogen-bond donors (Lipinski definition) is 1. The monoisotopic (exact) mass is 403 g/mol. The second-order valence-corrected chi connectivity index (χ2v) is 8.67. The van der Waals surface area contributed by atoms with Crippen molar-refractivity contribution in [1.29, 1.82) is 0 Å². The molecule has 1 heterocycles. The molecule has 4 rings (SSSR count). The molecule has 2 aromatic carbocycles. The molecule has 0 amide bonds. The summed E-state index contributed by atoms with van der Waals surface area (Å²) in [5.41, 5.74) is 7.41. The van der Waals surface area contributed by atoms with Crippen LogP contribution in [0, 0.1) is 0 Å². The van der Waals surface area contributed by atoms with Gasteiger partial charge < -0.3 is 5.32 Å². The van der Waals surface area contributed by atoms with Gasteiger partial charge in [0, 0.05) is 34.6 Å². The predicted molar refractivity (Wildman–Crippen MR) is 124 cm³/mol. The van der Waals surface area contributed by atoms with Crippen molar-refractivity contribution in [3.05, 3.63) is 94.7 Å². The van der Waals surface area contributed by atoms with Crippen molar-refractivity contribution in [3.8, 4) is 0 Å². The summed E-state index contributed by atoms with van der Waals surface area (Å²) in [6.07, 6.45) is 9.67. The van der Waals surface area contributed by atoms with Gasteiger partial charge in [0.1, 0.15) is 7.05 Å². The van der Waals surface area contributed by atoms with E-state index in [9.17, 15) is 0 Å². The molecule has 2 aromatic rings. The molecule has 0 fully saturated rings. The highest BCUT2D eigenvalue weighted by atomic mass is 35.5. The van der Waals surface area contributed by atoms with Crippen molar-refractivity contribution in [2.24, 2.45) is 0 Å². The fraction of sp³-hybridized carbons (Fsp3) is 0.269. The zero-order valence-corrected chi connectivity index (χ0v) is 18.1. The van der Waals surface area contributed by atoms with E-state index in [1.165, 1.54) is 28.1 Å². The average Bonchev–Trinajstić information content (AvgIpc) is 2.93. The first-order valence-corrected chi connectivity index (χ1v) is 10.6. The fourth-order valence-electron chi connectivity index (χ4n) is 4.37. The minimum absolute atomic E-state index is 0.0168. The van der Waals surface area contributed by atoms with Gasteiger partial charge >= 0.3 is 0 Å². The first-order valence-electron chi connectivity index (χ1n) is 10.3. The number of benzene rings is 2. The predicted octanol–water partition coefficient (Wildman–Crippen LogP) is 6.92. The molecule has 0 saturated carbocycles. The lowest BCUT2D eigenvalue weighted by Crippen LogP contribution is -2.26. The molecule has 0 spiro atoms. The van der Waals surface area contributed by atoms with Crippen LogP contribution in [0.5, 0.6) is 0 Å². The Balaban J connectivity index is 1.60. The fourth-order valence-corrected chi connectivity index (χ4v) is 4.68. The summed E-state index contributed by atoms with van der Waals surface area (Å²) in [7, 11) is 2.15. The van der Waals surface area contributed by atoms with Gasteiger partial charge in [-0.05, 0) is 56.4 Å². The summed E-state index contributed by atoms with van der Waals surface area (Å²) in [5.74, 6) is 0. The van der Waals surface area contributed by atoms with Crippen molar-refractivity contribution in [2.75, 3.05) is 12.4 Å². The van der Waals surface area contributed by atoms with E-state index in [4.69, 9.17) is 11.6 Å². The number of nitrogens with zero attached hydrogens (tertiary/aromatic N) is 1. The van der Waals surface area contributed by atoms with Gasteiger partial charge in [0.25, 0.3) is 0 Å². The first kappa shape index (κ1) is 19.7. The largest absolute Gasteiger partial charge is 0.361 e. The molecule has 2 nitrogen and oxygen atoms in total. The first-order chi connectivity index (χ1) is 14.0. The van der Waals surface area contributed by atoms with Crippen LogP contribution in [0.25, 0.3) is 0 Å². The third-order valence-electron chi connectivity index (χ3n) is 6.03. The van der Waals surface area contributed by atoms with E-state index in [0.29, 0.717) is 0 Å². The van der Waals surface area contributed by atoms with E-state index in [-0.39, 0.29) is 5.41 Å². The Morgan fingerprint density at radius 2 is 1.69 bits per heavy atom. The van der Waals surface area contributed by atoms with E-state index < -0.39 is 0 Å². The van der Waals surface area contributed by atoms with Crippen LogP contribution in [-0.2, 0) is 5.41 Å². The van der Waals surface area contributed by atoms with Crippen LogP contribution in [0.1, 0.15) is 38.7 Å². The van der Waals surface area contributed by atoms with Crippen LogP contribution >= 0.6 is 11.6 Å². The quantitative estimate of drug-likeness (QED) is 0.547. The number of hydrogen-bond acceptors (Lipinski definition) is 1. The van der Waals surface area contributed by atoms with E-state index >= 15 is 0 Å². The van der Waals surface area contributed by atoms with E-state index in [2.05, 4.69) is 85.5 Å². The Bertz CT molecular complexity index is 1040. The molecule has 0 atom stereocenters. The highest BCUT2D eigenvalue weighted by Crippen LogP contribution is 2.39. The summed E-state index contributed by atoms with van der Waals surface area (Å²) in [4.78, 5) is 0. The molecule has 148 valence electrons. The molecular formula is C26H28ClN2+. The topological polar surface area (TPSA) is 15.0 Å². The second-order valence-electron chi connectivity index (χ2n) is 8.29. The smallest absolute Gasteiger partial charge is 0.209 e. The Morgan fingerprint density at radius 3 is 2.45 bits per heavy atom. The SMILES string of the molecule is C[N+]1=C(/C=C/C2=C(Cl)C(=C/Nc3ccccc3)/CCC2)C(C)(C)c2ccccc21. The highest BCUT2D eigenvalue weighted by molar-refractivity contribution is 6.32. The number of allylic oxidation sites excluding steroid dienone is 5. The van der Waals surface area contributed by atoms with E-state index in [1.807, 2.05) is 18.2 Å². The maximum atomic E-state index is 6.79. The van der Waals surface area contributed by atoms with E-state index in [1.54, 1.807) is 0 Å². The van der Waals surface area contributed by atoms with Crippen LogP contribution < -0.4 is 5.32 Å². The molecule has 2 aliphatic rings. The van der Waals surface area contributed by atoms with Crippen LogP contribution in [0.4, 0.5) is 11.4 Å². The highest BCUT2D eigenvalue weighted by Gasteiger charge is 2.42. The molecule has 1 N–H and O–H groups in total. The van der Waals surface area contributed by atoms with Crippen molar-refractivity contribution in [3.63, 3.8) is 0 Å². The molecule has 1 aliphatic heterocycles. The van der Waals surface area contributed by atoms with Crippen LogP contribution in [0.15, 0.2) is 89.1 Å². The Morgan fingerprint density at radius 1 is 0.966 bits per heavy atom. The number of para-hydroxylation sites is 2. The third kappa shape index (κ3) is 3.82. The molecule has 3 heteroatoms. The molecule has 0 bridgehead atoms. The number of nitrogens with one attached hydrogen (secondary N) is 1. The van der Waals surface area contributed by atoms with Crippen molar-refractivity contribution in [2.45, 2.75) is 38.5 Å². The van der Waals surface area contributed by atoms with Crippen LogP contribution in [0.2, 0.25) is 0 Å². The summed E-state index contributed by atoms with van der Waals surface area (Å²) >= 11 is 6.79. The lowest BCUT2D eigenvalue weighted by Gasteiger charge is -2.18. The summed E-state index contributed by atoms with van der Waals surface area (Å²) in [6, 6.07) is 18.9. The lowest BCUT2D eigenvalue weighted by atomic mass is 9.81. The normalized spacial score (nSPS) is 19.9. The van der Waals surface area contributed by atoms with Gasteiger partial charge in [-0.25, -0.2) is 0 Å². The van der Waals surface area contributed by atoms with Crippen molar-refractivity contribution < 1.29 is 4.58 Å². The summed E-state index contributed by atoms with van der Waals surface area (Å²) in [6.45, 7) is 4.59. The minimum Gasteiger partial charge on any atom is -0.361 e. The molecule has 0 unspecified atom stereocenters. The number of fused-ring (bicyclic) bond motifs is 1. The Hall–Kier alpha value is -2.58. The van der Waals surface area contributed by atoms with Crippen LogP contribution in [-0.4, -0.2) is 17.3 Å². The molecule has 29 heavy (non-hydrogen) atoms. The standard InChI is InChI=1S/C26H27ClN2/c1-26(2)22-14-7-8-15-23(22)29(3)24(26)17-16-19-10-9-11-20(25(19)27)18-28-21-12-5-4-6-13-21/h4-8,12-18H,9-11H2,1-3H3/p+1.